The summed E-state index contributed by atoms with van der Waals surface area (Å²) < 4.78 is 5.02. The van der Waals surface area contributed by atoms with Crippen LogP contribution in [0.25, 0.3) is 0 Å². The topological polar surface area (TPSA) is 126 Å². The van der Waals surface area contributed by atoms with Gasteiger partial charge >= 0.3 is 6.09 Å². The SMILES string of the molecule is O=C(CNC(=O)CNC(=O)OCc1ccccc1)NCC(=O)Nc1ccc(C23CC4CC(CC(C4)C2)C3)cc1. The van der Waals surface area contributed by atoms with Gasteiger partial charge in [-0.1, -0.05) is 42.5 Å². The maximum absolute atomic E-state index is 12.3. The van der Waals surface area contributed by atoms with E-state index in [-0.39, 0.29) is 32.1 Å². The number of rotatable bonds is 10. The Labute approximate surface area is 228 Å². The summed E-state index contributed by atoms with van der Waals surface area (Å²) in [5.41, 5.74) is 3.23. The number of nitrogens with one attached hydrogen (secondary N) is 4. The predicted molar refractivity (Wildman–Crippen MR) is 146 cm³/mol. The molecule has 0 heterocycles. The number of hydrogen-bond acceptors (Lipinski definition) is 5. The lowest BCUT2D eigenvalue weighted by Crippen LogP contribution is -2.48. The van der Waals surface area contributed by atoms with E-state index in [4.69, 9.17) is 4.74 Å². The van der Waals surface area contributed by atoms with Gasteiger partial charge in [-0.2, -0.15) is 0 Å². The summed E-state index contributed by atoms with van der Waals surface area (Å²) in [5.74, 6) is 1.22. The lowest BCUT2D eigenvalue weighted by atomic mass is 9.48. The molecule has 9 nitrogen and oxygen atoms in total. The van der Waals surface area contributed by atoms with E-state index in [1.165, 1.54) is 44.1 Å². The van der Waals surface area contributed by atoms with E-state index in [9.17, 15) is 19.2 Å². The van der Waals surface area contributed by atoms with Gasteiger partial charge in [0.1, 0.15) is 13.2 Å². The van der Waals surface area contributed by atoms with Crippen LogP contribution in [0.5, 0.6) is 0 Å². The molecule has 9 heteroatoms. The van der Waals surface area contributed by atoms with E-state index >= 15 is 0 Å². The lowest BCUT2D eigenvalue weighted by Gasteiger charge is -2.57. The van der Waals surface area contributed by atoms with Gasteiger partial charge < -0.3 is 26.0 Å². The second kappa shape index (κ2) is 11.9. The van der Waals surface area contributed by atoms with Crippen LogP contribution in [0, 0.1) is 17.8 Å². The molecule has 0 aromatic heterocycles. The Morgan fingerprint density at radius 2 is 1.23 bits per heavy atom. The fraction of sp³-hybridized carbons (Fsp3) is 0.467. The maximum atomic E-state index is 12.3. The van der Waals surface area contributed by atoms with Crippen molar-refractivity contribution in [2.24, 2.45) is 17.8 Å². The highest BCUT2D eigenvalue weighted by atomic mass is 16.5. The Kier molecular flexibility index (Phi) is 8.14. The van der Waals surface area contributed by atoms with E-state index in [0.29, 0.717) is 11.1 Å². The fourth-order valence-electron chi connectivity index (χ4n) is 6.99. The zero-order chi connectivity index (χ0) is 27.2. The van der Waals surface area contributed by atoms with E-state index in [0.717, 1.165) is 23.3 Å². The van der Waals surface area contributed by atoms with Crippen molar-refractivity contribution in [2.45, 2.75) is 50.5 Å². The number of anilines is 1. The van der Waals surface area contributed by atoms with Gasteiger partial charge in [-0.25, -0.2) is 4.79 Å². The van der Waals surface area contributed by atoms with Crippen molar-refractivity contribution in [1.82, 2.24) is 16.0 Å². The minimum absolute atomic E-state index is 0.0882. The smallest absolute Gasteiger partial charge is 0.407 e. The number of alkyl carbamates (subject to hydrolysis) is 1. The molecule has 4 fully saturated rings. The molecule has 4 aliphatic rings. The molecule has 39 heavy (non-hydrogen) atoms. The third kappa shape index (κ3) is 6.96. The van der Waals surface area contributed by atoms with Crippen molar-refractivity contribution in [1.29, 1.82) is 0 Å². The molecule has 0 aliphatic heterocycles. The molecule has 4 aliphatic carbocycles. The molecule has 6 rings (SSSR count). The molecule has 0 radical (unpaired) electrons. The van der Waals surface area contributed by atoms with Crippen molar-refractivity contribution in [3.63, 3.8) is 0 Å². The summed E-state index contributed by atoms with van der Waals surface area (Å²) in [6.45, 7) is -0.770. The number of amides is 4. The Morgan fingerprint density at radius 1 is 0.692 bits per heavy atom. The van der Waals surface area contributed by atoms with Gasteiger partial charge in [0.25, 0.3) is 0 Å². The number of carbonyl (C=O) groups excluding carboxylic acids is 4. The number of ether oxygens (including phenoxy) is 1. The molecule has 0 spiro atoms. The van der Waals surface area contributed by atoms with Gasteiger partial charge in [-0.3, -0.25) is 14.4 Å². The zero-order valence-corrected chi connectivity index (χ0v) is 22.0. The van der Waals surface area contributed by atoms with Crippen LogP contribution in [0.4, 0.5) is 10.5 Å². The van der Waals surface area contributed by atoms with Gasteiger partial charge in [0.05, 0.1) is 13.1 Å². The van der Waals surface area contributed by atoms with Gasteiger partial charge in [-0.15, -0.1) is 0 Å². The second-order valence-corrected chi connectivity index (χ2v) is 11.3. The predicted octanol–water partition coefficient (Wildman–Crippen LogP) is 3.25. The van der Waals surface area contributed by atoms with E-state index in [1.807, 2.05) is 42.5 Å². The van der Waals surface area contributed by atoms with Crippen LogP contribution in [0.2, 0.25) is 0 Å². The third-order valence-corrected chi connectivity index (χ3v) is 8.32. The first-order valence-corrected chi connectivity index (χ1v) is 13.8. The van der Waals surface area contributed by atoms with Crippen LogP contribution in [-0.2, 0) is 31.1 Å². The first kappa shape index (κ1) is 26.7. The molecular formula is C30H36N4O5. The van der Waals surface area contributed by atoms with Crippen molar-refractivity contribution >= 4 is 29.5 Å². The molecule has 0 saturated heterocycles. The summed E-state index contributed by atoms with van der Waals surface area (Å²) in [7, 11) is 0. The summed E-state index contributed by atoms with van der Waals surface area (Å²) in [6, 6.07) is 17.4. The Hall–Kier alpha value is -3.88. The van der Waals surface area contributed by atoms with Crippen LogP contribution in [0.1, 0.15) is 49.7 Å². The van der Waals surface area contributed by atoms with Crippen molar-refractivity contribution in [3.8, 4) is 0 Å². The number of hydrogen-bond donors (Lipinski definition) is 4. The van der Waals surface area contributed by atoms with Crippen LogP contribution < -0.4 is 21.3 Å². The van der Waals surface area contributed by atoms with Crippen LogP contribution in [-0.4, -0.2) is 43.4 Å². The molecule has 0 atom stereocenters. The van der Waals surface area contributed by atoms with Crippen LogP contribution in [0.15, 0.2) is 54.6 Å². The van der Waals surface area contributed by atoms with E-state index in [1.54, 1.807) is 0 Å². The largest absolute Gasteiger partial charge is 0.445 e. The van der Waals surface area contributed by atoms with Gasteiger partial charge in [0.15, 0.2) is 0 Å². The monoisotopic (exact) mass is 532 g/mol. The highest BCUT2D eigenvalue weighted by molar-refractivity contribution is 5.95. The van der Waals surface area contributed by atoms with Gasteiger partial charge in [-0.05, 0) is 85.0 Å². The normalized spacial score (nSPS) is 24.5. The zero-order valence-electron chi connectivity index (χ0n) is 22.0. The minimum atomic E-state index is -0.735. The average Bonchev–Trinajstić information content (AvgIpc) is 2.93. The first-order chi connectivity index (χ1) is 18.9. The molecule has 4 bridgehead atoms. The minimum Gasteiger partial charge on any atom is -0.445 e. The molecule has 0 unspecified atom stereocenters. The van der Waals surface area contributed by atoms with Gasteiger partial charge in [0, 0.05) is 5.69 Å². The standard InChI is InChI=1S/C30H36N4O5/c35-26(16-31-27(36)17-33-29(38)39-19-20-4-2-1-3-5-20)32-18-28(37)34-25-8-6-24(7-9-25)30-13-21-10-22(14-30)12-23(11-21)15-30/h1-9,21-23H,10-19H2,(H,31,36)(H,32,35)(H,33,38)(H,34,37). The van der Waals surface area contributed by atoms with E-state index < -0.39 is 17.9 Å². The molecule has 2 aromatic carbocycles. The van der Waals surface area contributed by atoms with Gasteiger partial charge in [0.2, 0.25) is 17.7 Å². The lowest BCUT2D eigenvalue weighted by molar-refractivity contribution is -0.126. The third-order valence-electron chi connectivity index (χ3n) is 8.32. The number of benzene rings is 2. The molecule has 206 valence electrons. The van der Waals surface area contributed by atoms with Crippen molar-refractivity contribution < 1.29 is 23.9 Å². The van der Waals surface area contributed by atoms with Crippen molar-refractivity contribution in [2.75, 3.05) is 25.0 Å². The molecule has 2 aromatic rings. The van der Waals surface area contributed by atoms with Crippen molar-refractivity contribution in [3.05, 3.63) is 65.7 Å². The van der Waals surface area contributed by atoms with Crippen LogP contribution in [0.3, 0.4) is 0 Å². The molecule has 4 amide bonds. The quantitative estimate of drug-likeness (QED) is 0.374. The average molecular weight is 533 g/mol. The summed E-state index contributed by atoms with van der Waals surface area (Å²) >= 11 is 0. The maximum Gasteiger partial charge on any atom is 0.407 e. The molecular weight excluding hydrogens is 496 g/mol. The summed E-state index contributed by atoms with van der Waals surface area (Å²) in [6.07, 6.45) is 7.36. The Balaban J connectivity index is 0.970. The Morgan fingerprint density at radius 3 is 1.82 bits per heavy atom. The fourth-order valence-corrected chi connectivity index (χ4v) is 6.99. The molecule has 4 saturated carbocycles. The highest BCUT2D eigenvalue weighted by Gasteiger charge is 2.51. The summed E-state index contributed by atoms with van der Waals surface area (Å²) in [5, 5.41) is 10.0. The summed E-state index contributed by atoms with van der Waals surface area (Å²) in [4.78, 5) is 48.0. The van der Waals surface area contributed by atoms with E-state index in [2.05, 4.69) is 33.4 Å². The number of carbonyl (C=O) groups is 4. The molecule has 4 N–H and O–H groups in total. The highest BCUT2D eigenvalue weighted by Crippen LogP contribution is 2.60. The second-order valence-electron chi connectivity index (χ2n) is 11.3. The first-order valence-electron chi connectivity index (χ1n) is 13.8. The Bertz CT molecular complexity index is 1160. The van der Waals surface area contributed by atoms with Crippen LogP contribution >= 0.6 is 0 Å².